The van der Waals surface area contributed by atoms with E-state index in [1.165, 1.54) is 0 Å². The van der Waals surface area contributed by atoms with E-state index in [0.29, 0.717) is 11.6 Å². The van der Waals surface area contributed by atoms with E-state index in [9.17, 15) is 0 Å². The molecule has 2 aromatic rings. The van der Waals surface area contributed by atoms with E-state index in [0.717, 1.165) is 5.75 Å². The van der Waals surface area contributed by atoms with Crippen LogP contribution in [0.3, 0.4) is 0 Å². The summed E-state index contributed by atoms with van der Waals surface area (Å²) < 4.78 is 5.67. The molecule has 0 bridgehead atoms. The summed E-state index contributed by atoms with van der Waals surface area (Å²) in [4.78, 5) is 4.11. The van der Waals surface area contributed by atoms with E-state index in [4.69, 9.17) is 22.7 Å². The molecule has 0 fully saturated rings. The minimum Gasteiger partial charge on any atom is -0.453 e. The van der Waals surface area contributed by atoms with Gasteiger partial charge in [-0.25, -0.2) is 4.98 Å². The number of anilines is 1. The highest BCUT2D eigenvalue weighted by molar-refractivity contribution is 7.80. The van der Waals surface area contributed by atoms with Crippen LogP contribution < -0.4 is 15.8 Å². The van der Waals surface area contributed by atoms with Crippen LogP contribution in [0, 0.1) is 0 Å². The zero-order valence-corrected chi connectivity index (χ0v) is 9.78. The van der Waals surface area contributed by atoms with Crippen LogP contribution in [0.2, 0.25) is 0 Å². The first kappa shape index (κ1) is 11.3. The van der Waals surface area contributed by atoms with Crippen LogP contribution in [-0.4, -0.2) is 10.1 Å². The smallest absolute Gasteiger partial charge is 0.175 e. The Hall–Kier alpha value is -2.14. The summed E-state index contributed by atoms with van der Waals surface area (Å²) in [6, 6.07) is 13.0. The van der Waals surface area contributed by atoms with E-state index in [1.54, 1.807) is 18.3 Å². The van der Waals surface area contributed by atoms with Gasteiger partial charge in [-0.1, -0.05) is 18.2 Å². The molecule has 0 aliphatic heterocycles. The van der Waals surface area contributed by atoms with E-state index in [-0.39, 0.29) is 5.11 Å². The van der Waals surface area contributed by atoms with Gasteiger partial charge in [0.1, 0.15) is 5.75 Å². The van der Waals surface area contributed by atoms with Gasteiger partial charge in [-0.2, -0.15) is 0 Å². The highest BCUT2D eigenvalue weighted by Gasteiger charge is 2.05. The van der Waals surface area contributed by atoms with E-state index < -0.39 is 0 Å². The lowest BCUT2D eigenvalue weighted by Gasteiger charge is -2.10. The third kappa shape index (κ3) is 3.15. The van der Waals surface area contributed by atoms with Crippen LogP contribution in [-0.2, 0) is 0 Å². The third-order valence-electron chi connectivity index (χ3n) is 1.98. The number of nitrogens with zero attached hydrogens (tertiary/aromatic N) is 1. The molecule has 0 amide bonds. The van der Waals surface area contributed by atoms with Crippen LogP contribution in [0.5, 0.6) is 11.5 Å². The number of hydrogen-bond donors (Lipinski definition) is 2. The molecule has 0 aliphatic rings. The van der Waals surface area contributed by atoms with Crippen molar-refractivity contribution >= 4 is 23.1 Å². The number of hydrogen-bond acceptors (Lipinski definition) is 3. The lowest BCUT2D eigenvalue weighted by atomic mass is 10.3. The second-order valence-electron chi connectivity index (χ2n) is 3.25. The number of nitrogens with one attached hydrogen (secondary N) is 1. The molecule has 0 spiro atoms. The largest absolute Gasteiger partial charge is 0.453 e. The number of ether oxygens (including phenoxy) is 1. The highest BCUT2D eigenvalue weighted by atomic mass is 32.1. The Kier molecular flexibility index (Phi) is 3.52. The average Bonchev–Trinajstić information content (AvgIpc) is 2.32. The van der Waals surface area contributed by atoms with Crippen molar-refractivity contribution in [3.63, 3.8) is 0 Å². The maximum absolute atomic E-state index is 5.67. The molecule has 0 radical (unpaired) electrons. The molecule has 1 aromatic heterocycles. The van der Waals surface area contributed by atoms with Gasteiger partial charge in [-0.15, -0.1) is 0 Å². The quantitative estimate of drug-likeness (QED) is 0.814. The number of rotatable bonds is 3. The first-order valence-corrected chi connectivity index (χ1v) is 5.41. The predicted molar refractivity (Wildman–Crippen MR) is 71.2 cm³/mol. The Labute approximate surface area is 104 Å². The van der Waals surface area contributed by atoms with Gasteiger partial charge in [0, 0.05) is 6.20 Å². The minimum atomic E-state index is 0.154. The normalized spacial score (nSPS) is 9.65. The molecule has 0 atom stereocenters. The SMILES string of the molecule is NC(=S)Nc1ncccc1Oc1ccccc1. The summed E-state index contributed by atoms with van der Waals surface area (Å²) >= 11 is 4.77. The predicted octanol–water partition coefficient (Wildman–Crippen LogP) is 2.53. The highest BCUT2D eigenvalue weighted by Crippen LogP contribution is 2.26. The standard InChI is InChI=1S/C12H11N3OS/c13-12(17)15-11-10(7-4-8-14-11)16-9-5-2-1-3-6-9/h1-8H,(H3,13,14,15,17). The van der Waals surface area contributed by atoms with Crippen LogP contribution in [0.4, 0.5) is 5.82 Å². The van der Waals surface area contributed by atoms with Gasteiger partial charge in [0.15, 0.2) is 16.7 Å². The molecule has 1 aromatic carbocycles. The molecule has 2 rings (SSSR count). The van der Waals surface area contributed by atoms with E-state index in [1.807, 2.05) is 30.3 Å². The second kappa shape index (κ2) is 5.27. The van der Waals surface area contributed by atoms with Crippen molar-refractivity contribution in [2.75, 3.05) is 5.32 Å². The van der Waals surface area contributed by atoms with Gasteiger partial charge in [0.25, 0.3) is 0 Å². The third-order valence-corrected chi connectivity index (χ3v) is 2.09. The lowest BCUT2D eigenvalue weighted by molar-refractivity contribution is 0.483. The van der Waals surface area contributed by atoms with Gasteiger partial charge in [-0.05, 0) is 36.5 Å². The summed E-state index contributed by atoms with van der Waals surface area (Å²) in [5.74, 6) is 1.81. The Morgan fingerprint density at radius 1 is 1.18 bits per heavy atom. The number of aromatic nitrogens is 1. The Morgan fingerprint density at radius 3 is 2.65 bits per heavy atom. The summed E-state index contributed by atoms with van der Waals surface area (Å²) in [6.45, 7) is 0. The molecule has 5 heteroatoms. The second-order valence-corrected chi connectivity index (χ2v) is 3.69. The molecule has 3 N–H and O–H groups in total. The molecule has 17 heavy (non-hydrogen) atoms. The monoisotopic (exact) mass is 245 g/mol. The maximum atomic E-state index is 5.67. The fourth-order valence-electron chi connectivity index (χ4n) is 1.30. The molecular weight excluding hydrogens is 234 g/mol. The number of para-hydroxylation sites is 1. The molecule has 1 heterocycles. The van der Waals surface area contributed by atoms with Gasteiger partial charge in [0.05, 0.1) is 0 Å². The summed E-state index contributed by atoms with van der Waals surface area (Å²) in [5, 5.41) is 2.92. The van der Waals surface area contributed by atoms with Crippen LogP contribution in [0.25, 0.3) is 0 Å². The Morgan fingerprint density at radius 2 is 1.94 bits per heavy atom. The van der Waals surface area contributed by atoms with Crippen molar-refractivity contribution in [1.82, 2.24) is 4.98 Å². The van der Waals surface area contributed by atoms with Crippen molar-refractivity contribution in [3.8, 4) is 11.5 Å². The number of nitrogens with two attached hydrogens (primary N) is 1. The van der Waals surface area contributed by atoms with Gasteiger partial charge in [-0.3, -0.25) is 0 Å². The molecule has 0 unspecified atom stereocenters. The summed E-state index contributed by atoms with van der Waals surface area (Å²) in [5.41, 5.74) is 5.41. The molecule has 0 aliphatic carbocycles. The van der Waals surface area contributed by atoms with Crippen molar-refractivity contribution in [2.24, 2.45) is 5.73 Å². The van der Waals surface area contributed by atoms with Crippen molar-refractivity contribution < 1.29 is 4.74 Å². The first-order valence-electron chi connectivity index (χ1n) is 5.00. The van der Waals surface area contributed by atoms with E-state index in [2.05, 4.69) is 10.3 Å². The molecule has 4 nitrogen and oxygen atoms in total. The zero-order chi connectivity index (χ0) is 12.1. The molecule has 0 saturated carbocycles. The van der Waals surface area contributed by atoms with Crippen molar-refractivity contribution in [1.29, 1.82) is 0 Å². The van der Waals surface area contributed by atoms with Crippen LogP contribution in [0.1, 0.15) is 0 Å². The fraction of sp³-hybridized carbons (Fsp3) is 0. The fourth-order valence-corrected chi connectivity index (χ4v) is 1.40. The Balaban J connectivity index is 2.23. The average molecular weight is 245 g/mol. The van der Waals surface area contributed by atoms with Crippen LogP contribution >= 0.6 is 12.2 Å². The lowest BCUT2D eigenvalue weighted by Crippen LogP contribution is -2.20. The summed E-state index contributed by atoms with van der Waals surface area (Å²) in [6.07, 6.45) is 1.64. The van der Waals surface area contributed by atoms with Gasteiger partial charge < -0.3 is 15.8 Å². The first-order chi connectivity index (χ1) is 8.25. The number of pyridine rings is 1. The van der Waals surface area contributed by atoms with Crippen molar-refractivity contribution in [2.45, 2.75) is 0 Å². The number of thiocarbonyl (C=S) groups is 1. The van der Waals surface area contributed by atoms with Gasteiger partial charge in [0.2, 0.25) is 0 Å². The maximum Gasteiger partial charge on any atom is 0.175 e. The minimum absolute atomic E-state index is 0.154. The molecule has 86 valence electrons. The summed E-state index contributed by atoms with van der Waals surface area (Å²) in [7, 11) is 0. The Bertz CT molecular complexity index is 516. The molecule has 0 saturated heterocycles. The van der Waals surface area contributed by atoms with E-state index >= 15 is 0 Å². The topological polar surface area (TPSA) is 60.2 Å². The zero-order valence-electron chi connectivity index (χ0n) is 8.96. The van der Waals surface area contributed by atoms with Crippen molar-refractivity contribution in [3.05, 3.63) is 48.7 Å². The van der Waals surface area contributed by atoms with Gasteiger partial charge >= 0.3 is 0 Å². The van der Waals surface area contributed by atoms with Crippen LogP contribution in [0.15, 0.2) is 48.7 Å². The number of benzene rings is 1. The molecular formula is C12H11N3OS.